The molecule has 152 valence electrons. The smallest absolute Gasteiger partial charge is 0.320 e. The Kier molecular flexibility index (Phi) is 5.61. The van der Waals surface area contributed by atoms with Crippen LogP contribution in [0.3, 0.4) is 0 Å². The van der Waals surface area contributed by atoms with Crippen LogP contribution in [0.5, 0.6) is 5.75 Å². The molecule has 0 unspecified atom stereocenters. The molecule has 0 N–H and O–H groups in total. The molecule has 0 radical (unpaired) electrons. The summed E-state index contributed by atoms with van der Waals surface area (Å²) in [6, 6.07) is 8.13. The summed E-state index contributed by atoms with van der Waals surface area (Å²) < 4.78 is 5.24. The van der Waals surface area contributed by atoms with Crippen LogP contribution in [0.2, 0.25) is 0 Å². The van der Waals surface area contributed by atoms with E-state index in [1.54, 1.807) is 7.11 Å². The van der Waals surface area contributed by atoms with Crippen LogP contribution in [0.1, 0.15) is 63.4 Å². The Labute approximate surface area is 168 Å². The van der Waals surface area contributed by atoms with Crippen LogP contribution in [-0.2, 0) is 11.3 Å². The number of Topliss-reactive ketones (excluding diaryl/α,β-unsaturated/α-hetero) is 1. The van der Waals surface area contributed by atoms with Gasteiger partial charge in [-0.15, -0.1) is 0 Å². The zero-order valence-corrected chi connectivity index (χ0v) is 17.0. The number of benzene rings is 1. The average Bonchev–Trinajstić information content (AvgIpc) is 2.97. The molecule has 1 aromatic carbocycles. The lowest BCUT2D eigenvalue weighted by Gasteiger charge is -2.41. The van der Waals surface area contributed by atoms with Gasteiger partial charge >= 0.3 is 6.03 Å². The second kappa shape index (κ2) is 8.14. The van der Waals surface area contributed by atoms with Crippen LogP contribution in [0, 0.1) is 5.92 Å². The Morgan fingerprint density at radius 1 is 1.04 bits per heavy atom. The lowest BCUT2D eigenvalue weighted by atomic mass is 9.79. The van der Waals surface area contributed by atoms with E-state index >= 15 is 0 Å². The monoisotopic (exact) mass is 384 g/mol. The van der Waals surface area contributed by atoms with Crippen LogP contribution in [0.15, 0.2) is 24.3 Å². The molecular formula is C23H32N2O3. The van der Waals surface area contributed by atoms with Crippen molar-refractivity contribution >= 4 is 11.8 Å². The molecule has 1 heterocycles. The molecule has 5 heteroatoms. The molecule has 5 nitrogen and oxygen atoms in total. The average molecular weight is 385 g/mol. The Morgan fingerprint density at radius 3 is 2.36 bits per heavy atom. The summed E-state index contributed by atoms with van der Waals surface area (Å²) in [4.78, 5) is 29.5. The first-order valence-corrected chi connectivity index (χ1v) is 10.8. The van der Waals surface area contributed by atoms with Gasteiger partial charge in [-0.1, -0.05) is 31.4 Å². The van der Waals surface area contributed by atoms with Gasteiger partial charge in [-0.25, -0.2) is 4.79 Å². The Morgan fingerprint density at radius 2 is 1.71 bits per heavy atom. The molecule has 0 aromatic heterocycles. The number of hydrogen-bond acceptors (Lipinski definition) is 3. The number of carbonyl (C=O) groups is 2. The van der Waals surface area contributed by atoms with E-state index in [-0.39, 0.29) is 11.6 Å². The zero-order chi connectivity index (χ0) is 19.6. The predicted molar refractivity (Wildman–Crippen MR) is 108 cm³/mol. The van der Waals surface area contributed by atoms with Crippen LogP contribution in [0.4, 0.5) is 4.79 Å². The maximum absolute atomic E-state index is 13.4. The number of ether oxygens (including phenoxy) is 1. The molecule has 1 spiro atoms. The van der Waals surface area contributed by atoms with E-state index in [0.717, 1.165) is 37.2 Å². The van der Waals surface area contributed by atoms with Crippen LogP contribution in [-0.4, -0.2) is 47.4 Å². The van der Waals surface area contributed by atoms with E-state index in [0.29, 0.717) is 31.1 Å². The first kappa shape index (κ1) is 19.3. The number of rotatable bonds is 5. The topological polar surface area (TPSA) is 49.9 Å². The molecule has 2 amide bonds. The van der Waals surface area contributed by atoms with E-state index in [9.17, 15) is 9.59 Å². The Hall–Kier alpha value is -2.04. The minimum Gasteiger partial charge on any atom is -0.497 e. The highest BCUT2D eigenvalue weighted by atomic mass is 16.5. The summed E-state index contributed by atoms with van der Waals surface area (Å²) >= 11 is 0. The summed E-state index contributed by atoms with van der Waals surface area (Å²) in [7, 11) is 1.66. The van der Waals surface area contributed by atoms with Crippen molar-refractivity contribution in [3.8, 4) is 5.75 Å². The molecule has 2 saturated carbocycles. The van der Waals surface area contributed by atoms with Gasteiger partial charge in [0.1, 0.15) is 11.5 Å². The molecule has 3 aliphatic rings. The zero-order valence-electron chi connectivity index (χ0n) is 17.0. The fraction of sp³-hybridized carbons (Fsp3) is 0.652. The van der Waals surface area contributed by atoms with E-state index in [1.807, 2.05) is 29.2 Å². The van der Waals surface area contributed by atoms with Gasteiger partial charge in [0.25, 0.3) is 0 Å². The highest BCUT2D eigenvalue weighted by Gasteiger charge is 2.51. The molecule has 4 rings (SSSR count). The molecule has 1 saturated heterocycles. The van der Waals surface area contributed by atoms with Crippen molar-refractivity contribution in [3.05, 3.63) is 29.8 Å². The first-order chi connectivity index (χ1) is 13.6. The van der Waals surface area contributed by atoms with E-state index in [1.165, 1.54) is 32.1 Å². The summed E-state index contributed by atoms with van der Waals surface area (Å²) in [5.41, 5.74) is 0.977. The standard InChI is InChI=1S/C23H32N2O3/c1-28-21-9-7-19(8-10-21)15-24-17-23(13-11-20(26)12-14-23)25(22(24)27)16-18-5-3-2-4-6-18/h7-10,18H,2-6,11-17H2,1H3. The molecule has 1 aliphatic heterocycles. The number of urea groups is 1. The third-order valence-corrected chi connectivity index (χ3v) is 7.00. The Balaban J connectivity index is 1.51. The fourth-order valence-corrected chi connectivity index (χ4v) is 5.28. The SMILES string of the molecule is COc1ccc(CN2CC3(CCC(=O)CC3)N(CC3CCCCC3)C2=O)cc1. The van der Waals surface area contributed by atoms with E-state index in [2.05, 4.69) is 4.90 Å². The molecular weight excluding hydrogens is 352 g/mol. The minimum atomic E-state index is -0.144. The predicted octanol–water partition coefficient (Wildman–Crippen LogP) is 4.40. The number of hydrogen-bond donors (Lipinski definition) is 0. The van der Waals surface area contributed by atoms with Gasteiger partial charge in [-0.3, -0.25) is 4.79 Å². The number of methoxy groups -OCH3 is 1. The minimum absolute atomic E-state index is 0.144. The second-order valence-corrected chi connectivity index (χ2v) is 8.86. The summed E-state index contributed by atoms with van der Waals surface area (Å²) in [6.07, 6.45) is 9.24. The second-order valence-electron chi connectivity index (χ2n) is 8.86. The lowest BCUT2D eigenvalue weighted by molar-refractivity contribution is -0.122. The molecule has 3 fully saturated rings. The first-order valence-electron chi connectivity index (χ1n) is 10.8. The normalized spacial score (nSPS) is 22.9. The van der Waals surface area contributed by atoms with Crippen molar-refractivity contribution in [1.82, 2.24) is 9.80 Å². The highest BCUT2D eigenvalue weighted by molar-refractivity contribution is 5.82. The van der Waals surface area contributed by atoms with Crippen molar-refractivity contribution in [3.63, 3.8) is 0 Å². The highest BCUT2D eigenvalue weighted by Crippen LogP contribution is 2.40. The maximum Gasteiger partial charge on any atom is 0.320 e. The molecule has 2 aliphatic carbocycles. The molecule has 0 bridgehead atoms. The van der Waals surface area contributed by atoms with Crippen molar-refractivity contribution < 1.29 is 14.3 Å². The van der Waals surface area contributed by atoms with Gasteiger partial charge in [0.15, 0.2) is 0 Å². The van der Waals surface area contributed by atoms with Gasteiger partial charge in [0.2, 0.25) is 0 Å². The number of carbonyl (C=O) groups excluding carboxylic acids is 2. The fourth-order valence-electron chi connectivity index (χ4n) is 5.28. The molecule has 28 heavy (non-hydrogen) atoms. The summed E-state index contributed by atoms with van der Waals surface area (Å²) in [6.45, 7) is 2.24. The van der Waals surface area contributed by atoms with E-state index < -0.39 is 0 Å². The third-order valence-electron chi connectivity index (χ3n) is 7.00. The van der Waals surface area contributed by atoms with Gasteiger partial charge in [0, 0.05) is 32.5 Å². The molecule has 1 aromatic rings. The summed E-state index contributed by atoms with van der Waals surface area (Å²) in [5, 5.41) is 0. The van der Waals surface area contributed by atoms with Gasteiger partial charge in [0.05, 0.1) is 12.6 Å². The van der Waals surface area contributed by atoms with Crippen molar-refractivity contribution in [2.75, 3.05) is 20.2 Å². The quantitative estimate of drug-likeness (QED) is 0.756. The number of amides is 2. The number of ketones is 1. The Bertz CT molecular complexity index is 699. The van der Waals surface area contributed by atoms with Gasteiger partial charge in [-0.2, -0.15) is 0 Å². The van der Waals surface area contributed by atoms with Gasteiger partial charge < -0.3 is 14.5 Å². The van der Waals surface area contributed by atoms with Crippen molar-refractivity contribution in [2.45, 2.75) is 69.9 Å². The number of nitrogens with zero attached hydrogens (tertiary/aromatic N) is 2. The third kappa shape index (κ3) is 3.89. The van der Waals surface area contributed by atoms with Crippen LogP contribution < -0.4 is 4.74 Å². The molecule has 0 atom stereocenters. The summed E-state index contributed by atoms with van der Waals surface area (Å²) in [5.74, 6) is 1.80. The van der Waals surface area contributed by atoms with Crippen molar-refractivity contribution in [2.24, 2.45) is 5.92 Å². The van der Waals surface area contributed by atoms with Crippen LogP contribution in [0.25, 0.3) is 0 Å². The van der Waals surface area contributed by atoms with Crippen molar-refractivity contribution in [1.29, 1.82) is 0 Å². The lowest BCUT2D eigenvalue weighted by Crippen LogP contribution is -2.51. The van der Waals surface area contributed by atoms with E-state index in [4.69, 9.17) is 4.74 Å². The van der Waals surface area contributed by atoms with Gasteiger partial charge in [-0.05, 0) is 49.3 Å². The van der Waals surface area contributed by atoms with Crippen LogP contribution >= 0.6 is 0 Å². The largest absolute Gasteiger partial charge is 0.497 e. The maximum atomic E-state index is 13.4.